The SMILES string of the molecule is CNC(=O)CNCC(=O)N(C)[C@@H](C)c1nc2ccccc2s1. The molecule has 2 N–H and O–H groups in total. The lowest BCUT2D eigenvalue weighted by Gasteiger charge is -2.23. The molecular weight excluding hydrogens is 300 g/mol. The highest BCUT2D eigenvalue weighted by atomic mass is 32.1. The van der Waals surface area contributed by atoms with Crippen LogP contribution in [-0.4, -0.2) is 48.9 Å². The van der Waals surface area contributed by atoms with Crippen LogP contribution in [0, 0.1) is 0 Å². The maximum Gasteiger partial charge on any atom is 0.236 e. The Labute approximate surface area is 133 Å². The Hall–Kier alpha value is -1.99. The van der Waals surface area contributed by atoms with Crippen molar-refractivity contribution in [1.29, 1.82) is 0 Å². The van der Waals surface area contributed by atoms with Crippen molar-refractivity contribution in [2.24, 2.45) is 0 Å². The summed E-state index contributed by atoms with van der Waals surface area (Å²) in [5.41, 5.74) is 0.952. The maximum atomic E-state index is 12.2. The predicted octanol–water partition coefficient (Wildman–Crippen LogP) is 1.15. The van der Waals surface area contributed by atoms with Gasteiger partial charge in [-0.15, -0.1) is 11.3 Å². The number of hydrogen-bond donors (Lipinski definition) is 2. The number of likely N-dealkylation sites (N-methyl/N-ethyl adjacent to an activating group) is 2. The molecule has 2 rings (SSSR count). The molecule has 0 saturated carbocycles. The van der Waals surface area contributed by atoms with Gasteiger partial charge in [0.05, 0.1) is 29.3 Å². The zero-order valence-corrected chi connectivity index (χ0v) is 13.7. The normalized spacial score (nSPS) is 12.1. The molecule has 118 valence electrons. The van der Waals surface area contributed by atoms with Gasteiger partial charge in [-0.25, -0.2) is 4.98 Å². The molecule has 2 aromatic rings. The van der Waals surface area contributed by atoms with Crippen LogP contribution in [0.15, 0.2) is 24.3 Å². The molecule has 0 bridgehead atoms. The molecule has 1 atom stereocenters. The minimum absolute atomic E-state index is 0.0735. The van der Waals surface area contributed by atoms with E-state index in [0.29, 0.717) is 0 Å². The highest BCUT2D eigenvalue weighted by Crippen LogP contribution is 2.28. The number of aromatic nitrogens is 1. The highest BCUT2D eigenvalue weighted by Gasteiger charge is 2.20. The number of rotatable bonds is 6. The standard InChI is InChI=1S/C15H20N4O2S/c1-10(15-18-11-6-4-5-7-12(11)22-15)19(3)14(21)9-17-8-13(20)16-2/h4-7,10,17H,8-9H2,1-3H3,(H,16,20)/t10-/m0/s1. The number of amides is 2. The van der Waals surface area contributed by atoms with Crippen molar-refractivity contribution < 1.29 is 9.59 Å². The first-order chi connectivity index (χ1) is 10.5. The predicted molar refractivity (Wildman–Crippen MR) is 87.7 cm³/mol. The lowest BCUT2D eigenvalue weighted by molar-refractivity contribution is -0.130. The van der Waals surface area contributed by atoms with Crippen LogP contribution in [-0.2, 0) is 9.59 Å². The lowest BCUT2D eigenvalue weighted by atomic mass is 10.3. The molecule has 22 heavy (non-hydrogen) atoms. The molecule has 0 radical (unpaired) electrons. The molecule has 0 fully saturated rings. The quantitative estimate of drug-likeness (QED) is 0.837. The van der Waals surface area contributed by atoms with Crippen LogP contribution in [0.1, 0.15) is 18.0 Å². The molecule has 0 spiro atoms. The first-order valence-corrected chi connectivity index (χ1v) is 7.87. The van der Waals surface area contributed by atoms with Crippen LogP contribution >= 0.6 is 11.3 Å². The van der Waals surface area contributed by atoms with E-state index in [1.807, 2.05) is 31.2 Å². The smallest absolute Gasteiger partial charge is 0.236 e. The van der Waals surface area contributed by atoms with Crippen molar-refractivity contribution in [2.75, 3.05) is 27.2 Å². The third-order valence-electron chi connectivity index (χ3n) is 3.48. The van der Waals surface area contributed by atoms with Crippen LogP contribution < -0.4 is 10.6 Å². The fraction of sp³-hybridized carbons (Fsp3) is 0.400. The van der Waals surface area contributed by atoms with Gasteiger partial charge in [-0.3, -0.25) is 14.9 Å². The number of nitrogens with zero attached hydrogens (tertiary/aromatic N) is 2. The second kappa shape index (κ2) is 7.33. The Bertz CT molecular complexity index is 637. The van der Waals surface area contributed by atoms with Gasteiger partial charge in [0, 0.05) is 14.1 Å². The van der Waals surface area contributed by atoms with Crippen molar-refractivity contribution in [3.8, 4) is 0 Å². The van der Waals surface area contributed by atoms with E-state index in [9.17, 15) is 9.59 Å². The van der Waals surface area contributed by atoms with Crippen LogP contribution in [0.2, 0.25) is 0 Å². The molecule has 0 aliphatic carbocycles. The van der Waals surface area contributed by atoms with E-state index < -0.39 is 0 Å². The Morgan fingerprint density at radius 1 is 1.32 bits per heavy atom. The highest BCUT2D eigenvalue weighted by molar-refractivity contribution is 7.18. The van der Waals surface area contributed by atoms with E-state index in [0.717, 1.165) is 15.2 Å². The van der Waals surface area contributed by atoms with E-state index in [-0.39, 0.29) is 30.9 Å². The van der Waals surface area contributed by atoms with E-state index in [4.69, 9.17) is 0 Å². The second-order valence-corrected chi connectivity index (χ2v) is 6.04. The third kappa shape index (κ3) is 3.80. The topological polar surface area (TPSA) is 74.3 Å². The molecule has 1 heterocycles. The number of carbonyl (C=O) groups is 2. The molecule has 1 aromatic carbocycles. The largest absolute Gasteiger partial charge is 0.358 e. The van der Waals surface area contributed by atoms with Gasteiger partial charge < -0.3 is 10.2 Å². The molecular formula is C15H20N4O2S. The zero-order valence-electron chi connectivity index (χ0n) is 12.9. The van der Waals surface area contributed by atoms with E-state index in [2.05, 4.69) is 15.6 Å². The molecule has 1 aromatic heterocycles. The number of benzene rings is 1. The second-order valence-electron chi connectivity index (χ2n) is 4.98. The summed E-state index contributed by atoms with van der Waals surface area (Å²) in [4.78, 5) is 29.5. The molecule has 7 heteroatoms. The van der Waals surface area contributed by atoms with Gasteiger partial charge in [0.25, 0.3) is 0 Å². The number of nitrogens with one attached hydrogen (secondary N) is 2. The number of para-hydroxylation sites is 1. The van der Waals surface area contributed by atoms with Gasteiger partial charge in [-0.2, -0.15) is 0 Å². The molecule has 6 nitrogen and oxygen atoms in total. The lowest BCUT2D eigenvalue weighted by Crippen LogP contribution is -2.40. The summed E-state index contributed by atoms with van der Waals surface area (Å²) < 4.78 is 1.11. The number of hydrogen-bond acceptors (Lipinski definition) is 5. The van der Waals surface area contributed by atoms with Gasteiger partial charge in [-0.05, 0) is 19.1 Å². The van der Waals surface area contributed by atoms with Crippen molar-refractivity contribution in [2.45, 2.75) is 13.0 Å². The number of thiazole rings is 1. The van der Waals surface area contributed by atoms with E-state index in [1.165, 1.54) is 0 Å². The van der Waals surface area contributed by atoms with Crippen LogP contribution in [0.3, 0.4) is 0 Å². The van der Waals surface area contributed by atoms with E-state index >= 15 is 0 Å². The monoisotopic (exact) mass is 320 g/mol. The van der Waals surface area contributed by atoms with Gasteiger partial charge in [0.2, 0.25) is 11.8 Å². The fourth-order valence-corrected chi connectivity index (χ4v) is 3.01. The average Bonchev–Trinajstić information content (AvgIpc) is 2.97. The summed E-state index contributed by atoms with van der Waals surface area (Å²) in [5.74, 6) is -0.217. The zero-order chi connectivity index (χ0) is 16.1. The van der Waals surface area contributed by atoms with Crippen molar-refractivity contribution in [3.05, 3.63) is 29.3 Å². The first-order valence-electron chi connectivity index (χ1n) is 7.05. The summed E-state index contributed by atoms with van der Waals surface area (Å²) in [7, 11) is 3.31. The fourth-order valence-electron chi connectivity index (χ4n) is 1.95. The van der Waals surface area contributed by atoms with E-state index in [1.54, 1.807) is 30.3 Å². The third-order valence-corrected chi connectivity index (χ3v) is 4.69. The van der Waals surface area contributed by atoms with Crippen molar-refractivity contribution in [3.63, 3.8) is 0 Å². The van der Waals surface area contributed by atoms with Crippen LogP contribution in [0.5, 0.6) is 0 Å². The summed E-state index contributed by atoms with van der Waals surface area (Å²) in [6.45, 7) is 2.21. The van der Waals surface area contributed by atoms with Gasteiger partial charge in [0.15, 0.2) is 0 Å². The molecule has 0 saturated heterocycles. The minimum Gasteiger partial charge on any atom is -0.358 e. The Balaban J connectivity index is 1.97. The van der Waals surface area contributed by atoms with Crippen molar-refractivity contribution >= 4 is 33.4 Å². The minimum atomic E-state index is -0.144. The number of fused-ring (bicyclic) bond motifs is 1. The summed E-state index contributed by atoms with van der Waals surface area (Å²) in [5, 5.41) is 6.23. The van der Waals surface area contributed by atoms with Gasteiger partial charge in [0.1, 0.15) is 5.01 Å². The van der Waals surface area contributed by atoms with Gasteiger partial charge in [-0.1, -0.05) is 12.1 Å². The molecule has 2 amide bonds. The molecule has 0 aliphatic heterocycles. The first kappa shape index (κ1) is 16.4. The van der Waals surface area contributed by atoms with Crippen molar-refractivity contribution in [1.82, 2.24) is 20.5 Å². The summed E-state index contributed by atoms with van der Waals surface area (Å²) in [6, 6.07) is 7.82. The maximum absolute atomic E-state index is 12.2. The molecule has 0 unspecified atom stereocenters. The number of carbonyl (C=O) groups excluding carboxylic acids is 2. The Morgan fingerprint density at radius 2 is 2.05 bits per heavy atom. The summed E-state index contributed by atoms with van der Waals surface area (Å²) in [6.07, 6.45) is 0. The average molecular weight is 320 g/mol. The molecule has 0 aliphatic rings. The Kier molecular flexibility index (Phi) is 5.46. The summed E-state index contributed by atoms with van der Waals surface area (Å²) >= 11 is 1.59. The Morgan fingerprint density at radius 3 is 2.73 bits per heavy atom. The van der Waals surface area contributed by atoms with Crippen LogP contribution in [0.25, 0.3) is 10.2 Å². The van der Waals surface area contributed by atoms with Gasteiger partial charge >= 0.3 is 0 Å². The van der Waals surface area contributed by atoms with Crippen LogP contribution in [0.4, 0.5) is 0 Å².